The highest BCUT2D eigenvalue weighted by Crippen LogP contribution is 2.06. The van der Waals surface area contributed by atoms with Crippen LogP contribution in [0.5, 0.6) is 0 Å². The summed E-state index contributed by atoms with van der Waals surface area (Å²) in [5.74, 6) is 0.891. The van der Waals surface area contributed by atoms with Crippen molar-refractivity contribution in [1.29, 1.82) is 0 Å². The second kappa shape index (κ2) is 12.9. The van der Waals surface area contributed by atoms with Crippen LogP contribution in [0.4, 0.5) is 0 Å². The van der Waals surface area contributed by atoms with Crippen LogP contribution in [-0.4, -0.2) is 66.4 Å². The van der Waals surface area contributed by atoms with Gasteiger partial charge >= 0.3 is 0 Å². The van der Waals surface area contributed by atoms with Crippen molar-refractivity contribution in [3.05, 3.63) is 29.6 Å². The van der Waals surface area contributed by atoms with E-state index in [1.807, 2.05) is 56.1 Å². The number of hydrogen-bond donors (Lipinski definition) is 1. The van der Waals surface area contributed by atoms with Crippen molar-refractivity contribution in [2.75, 3.05) is 39.8 Å². The highest BCUT2D eigenvalue weighted by atomic mass is 127. The quantitative estimate of drug-likeness (QED) is 0.367. The zero-order valence-corrected chi connectivity index (χ0v) is 18.4. The van der Waals surface area contributed by atoms with E-state index in [1.54, 1.807) is 0 Å². The van der Waals surface area contributed by atoms with Gasteiger partial charge in [-0.3, -0.25) is 14.8 Å². The molecule has 0 saturated carbocycles. The third kappa shape index (κ3) is 8.02. The summed E-state index contributed by atoms with van der Waals surface area (Å²) in [6.45, 7) is 11.3. The summed E-state index contributed by atoms with van der Waals surface area (Å²) in [5, 5.41) is 3.26. The van der Waals surface area contributed by atoms with Gasteiger partial charge in [-0.2, -0.15) is 0 Å². The lowest BCUT2D eigenvalue weighted by Crippen LogP contribution is -2.45. The Kier molecular flexibility index (Phi) is 12.2. The molecule has 0 unspecified atom stereocenters. The number of nitrogens with one attached hydrogen (secondary N) is 1. The topological polar surface area (TPSA) is 60.8 Å². The Balaban J connectivity index is 0.00000576. The lowest BCUT2D eigenvalue weighted by atomic mass is 10.1. The molecule has 0 fully saturated rings. The van der Waals surface area contributed by atoms with E-state index in [1.165, 1.54) is 11.1 Å². The number of hydrogen-bond acceptors (Lipinski definition) is 3. The SMILES string of the molecule is CCNC(=NCCc1ccncc1C)N(C)CC(=O)N(CC)CC.I. The van der Waals surface area contributed by atoms with Gasteiger partial charge in [0, 0.05) is 45.6 Å². The van der Waals surface area contributed by atoms with Crippen molar-refractivity contribution in [3.8, 4) is 0 Å². The number of nitrogens with zero attached hydrogens (tertiary/aromatic N) is 4. The van der Waals surface area contributed by atoms with Gasteiger partial charge < -0.3 is 15.1 Å². The van der Waals surface area contributed by atoms with Crippen molar-refractivity contribution in [2.45, 2.75) is 34.1 Å². The van der Waals surface area contributed by atoms with Gasteiger partial charge in [0.25, 0.3) is 0 Å². The van der Waals surface area contributed by atoms with Crippen LogP contribution in [0.25, 0.3) is 0 Å². The molecule has 0 atom stereocenters. The van der Waals surface area contributed by atoms with Gasteiger partial charge in [0.05, 0.1) is 6.54 Å². The predicted octanol–water partition coefficient (Wildman–Crippen LogP) is 2.32. The van der Waals surface area contributed by atoms with E-state index in [-0.39, 0.29) is 29.9 Å². The molecular weight excluding hydrogens is 429 g/mol. The predicted molar refractivity (Wildman–Crippen MR) is 115 cm³/mol. The molecule has 1 aromatic heterocycles. The second-order valence-electron chi connectivity index (χ2n) is 5.71. The summed E-state index contributed by atoms with van der Waals surface area (Å²) in [6, 6.07) is 2.03. The van der Waals surface area contributed by atoms with Crippen LogP contribution in [0.3, 0.4) is 0 Å². The third-order valence-corrected chi connectivity index (χ3v) is 3.96. The van der Waals surface area contributed by atoms with E-state index >= 15 is 0 Å². The molecule has 0 saturated heterocycles. The van der Waals surface area contributed by atoms with Crippen LogP contribution in [0.15, 0.2) is 23.5 Å². The zero-order chi connectivity index (χ0) is 17.9. The summed E-state index contributed by atoms with van der Waals surface area (Å²) in [7, 11) is 1.90. The Hall–Kier alpha value is -1.38. The molecule has 1 N–H and O–H groups in total. The average molecular weight is 461 g/mol. The summed E-state index contributed by atoms with van der Waals surface area (Å²) in [5.41, 5.74) is 2.44. The van der Waals surface area contributed by atoms with Crippen LogP contribution >= 0.6 is 24.0 Å². The standard InChI is InChI=1S/C18H31N5O.HI/c1-6-20-18(22(5)14-17(24)23(7-2)8-3)21-12-10-16-9-11-19-13-15(16)4;/h9,11,13H,6-8,10,12,14H2,1-5H3,(H,20,21);1H. The van der Waals surface area contributed by atoms with Crippen LogP contribution in [0, 0.1) is 6.92 Å². The first kappa shape index (κ1) is 23.6. The van der Waals surface area contributed by atoms with Crippen molar-refractivity contribution >= 4 is 35.8 Å². The number of pyridine rings is 1. The minimum Gasteiger partial charge on any atom is -0.357 e. The monoisotopic (exact) mass is 461 g/mol. The molecule has 1 rings (SSSR count). The average Bonchev–Trinajstić information content (AvgIpc) is 2.56. The number of halogens is 1. The lowest BCUT2D eigenvalue weighted by Gasteiger charge is -2.25. The third-order valence-electron chi connectivity index (χ3n) is 3.96. The molecule has 0 aliphatic rings. The van der Waals surface area contributed by atoms with Crippen molar-refractivity contribution < 1.29 is 4.79 Å². The van der Waals surface area contributed by atoms with Gasteiger partial charge in [0.15, 0.2) is 5.96 Å². The van der Waals surface area contributed by atoms with E-state index in [0.717, 1.165) is 32.0 Å². The first-order chi connectivity index (χ1) is 11.5. The molecule has 0 aliphatic carbocycles. The summed E-state index contributed by atoms with van der Waals surface area (Å²) in [6.07, 6.45) is 4.55. The highest BCUT2D eigenvalue weighted by molar-refractivity contribution is 14.0. The van der Waals surface area contributed by atoms with Crippen LogP contribution in [0.2, 0.25) is 0 Å². The molecule has 0 aliphatic heterocycles. The zero-order valence-electron chi connectivity index (χ0n) is 16.1. The smallest absolute Gasteiger partial charge is 0.242 e. The van der Waals surface area contributed by atoms with Crippen molar-refractivity contribution in [1.82, 2.24) is 20.1 Å². The number of amides is 1. The molecule has 0 bridgehead atoms. The first-order valence-electron chi connectivity index (χ1n) is 8.70. The maximum atomic E-state index is 12.3. The summed E-state index contributed by atoms with van der Waals surface area (Å²) >= 11 is 0. The van der Waals surface area contributed by atoms with Gasteiger partial charge in [0.1, 0.15) is 0 Å². The number of aliphatic imine (C=N–C) groups is 1. The molecule has 25 heavy (non-hydrogen) atoms. The fraction of sp³-hybridized carbons (Fsp3) is 0.611. The molecule has 7 heteroatoms. The van der Waals surface area contributed by atoms with Crippen LogP contribution in [-0.2, 0) is 11.2 Å². The number of guanidine groups is 1. The Morgan fingerprint density at radius 3 is 2.52 bits per heavy atom. The minimum atomic E-state index is 0. The Morgan fingerprint density at radius 2 is 1.96 bits per heavy atom. The summed E-state index contributed by atoms with van der Waals surface area (Å²) in [4.78, 5) is 24.8. The van der Waals surface area contributed by atoms with E-state index < -0.39 is 0 Å². The number of likely N-dealkylation sites (N-methyl/N-ethyl adjacent to an activating group) is 2. The molecule has 1 amide bonds. The van der Waals surface area contributed by atoms with Crippen LogP contribution in [0.1, 0.15) is 31.9 Å². The number of carbonyl (C=O) groups excluding carboxylic acids is 1. The van der Waals surface area contributed by atoms with E-state index in [9.17, 15) is 4.79 Å². The molecule has 1 aromatic rings. The number of carbonyl (C=O) groups is 1. The lowest BCUT2D eigenvalue weighted by molar-refractivity contribution is -0.131. The molecule has 0 spiro atoms. The summed E-state index contributed by atoms with van der Waals surface area (Å²) < 4.78 is 0. The fourth-order valence-electron chi connectivity index (χ4n) is 2.49. The van der Waals surface area contributed by atoms with E-state index in [0.29, 0.717) is 13.1 Å². The first-order valence-corrected chi connectivity index (χ1v) is 8.70. The number of aromatic nitrogens is 1. The van der Waals surface area contributed by atoms with Crippen LogP contribution < -0.4 is 5.32 Å². The van der Waals surface area contributed by atoms with Gasteiger partial charge in [-0.15, -0.1) is 24.0 Å². The second-order valence-corrected chi connectivity index (χ2v) is 5.71. The molecular formula is C18H32IN5O. The molecule has 6 nitrogen and oxygen atoms in total. The molecule has 1 heterocycles. The van der Waals surface area contributed by atoms with Gasteiger partial charge in [-0.05, 0) is 51.3 Å². The van der Waals surface area contributed by atoms with Crippen molar-refractivity contribution in [3.63, 3.8) is 0 Å². The normalized spacial score (nSPS) is 10.8. The Morgan fingerprint density at radius 1 is 1.28 bits per heavy atom. The van der Waals surface area contributed by atoms with Gasteiger partial charge in [-0.1, -0.05) is 0 Å². The van der Waals surface area contributed by atoms with Gasteiger partial charge in [0.2, 0.25) is 5.91 Å². The van der Waals surface area contributed by atoms with Gasteiger partial charge in [-0.25, -0.2) is 0 Å². The molecule has 0 aromatic carbocycles. The van der Waals surface area contributed by atoms with E-state index in [4.69, 9.17) is 0 Å². The number of aryl methyl sites for hydroxylation is 1. The minimum absolute atomic E-state index is 0. The number of rotatable bonds is 8. The molecule has 142 valence electrons. The largest absolute Gasteiger partial charge is 0.357 e. The maximum Gasteiger partial charge on any atom is 0.242 e. The fourth-order valence-corrected chi connectivity index (χ4v) is 2.49. The van der Waals surface area contributed by atoms with Crippen molar-refractivity contribution in [2.24, 2.45) is 4.99 Å². The van der Waals surface area contributed by atoms with E-state index in [2.05, 4.69) is 22.2 Å². The Bertz CT molecular complexity index is 546. The maximum absolute atomic E-state index is 12.3. The Labute approximate surface area is 169 Å². The molecule has 0 radical (unpaired) electrons. The highest BCUT2D eigenvalue weighted by Gasteiger charge is 2.14.